The van der Waals surface area contributed by atoms with E-state index in [1.807, 2.05) is 30.3 Å². The van der Waals surface area contributed by atoms with Gasteiger partial charge in [0.15, 0.2) is 0 Å². The lowest BCUT2D eigenvalue weighted by molar-refractivity contribution is -0.121. The van der Waals surface area contributed by atoms with Crippen LogP contribution in [0.2, 0.25) is 0 Å². The number of amides is 1. The van der Waals surface area contributed by atoms with Gasteiger partial charge in [-0.2, -0.15) is 0 Å². The number of hydrogen-bond acceptors (Lipinski definition) is 3. The summed E-state index contributed by atoms with van der Waals surface area (Å²) in [5, 5.41) is 4.06. The van der Waals surface area contributed by atoms with Crippen molar-refractivity contribution in [3.63, 3.8) is 0 Å². The van der Waals surface area contributed by atoms with Gasteiger partial charge in [-0.15, -0.1) is 0 Å². The predicted octanol–water partition coefficient (Wildman–Crippen LogP) is 4.33. The summed E-state index contributed by atoms with van der Waals surface area (Å²) in [4.78, 5) is 24.6. The Morgan fingerprint density at radius 2 is 1.77 bits per heavy atom. The van der Waals surface area contributed by atoms with Crippen molar-refractivity contribution in [1.29, 1.82) is 0 Å². The molecular formula is C26H30N2O3. The number of aryl methyl sites for hydroxylation is 1. The first-order chi connectivity index (χ1) is 15.1. The molecule has 31 heavy (non-hydrogen) atoms. The third-order valence-electron chi connectivity index (χ3n) is 6.49. The molecule has 0 unspecified atom stereocenters. The highest BCUT2D eigenvalue weighted by Gasteiger charge is 2.35. The highest BCUT2D eigenvalue weighted by molar-refractivity contribution is 5.85. The highest BCUT2D eigenvalue weighted by atomic mass is 16.5. The maximum atomic E-state index is 12.5. The van der Waals surface area contributed by atoms with E-state index in [2.05, 4.69) is 29.6 Å². The number of ether oxygens (including phenoxy) is 1. The average molecular weight is 419 g/mol. The maximum Gasteiger partial charge on any atom is 0.254 e. The van der Waals surface area contributed by atoms with E-state index >= 15 is 0 Å². The Kier molecular flexibility index (Phi) is 6.40. The van der Waals surface area contributed by atoms with Gasteiger partial charge in [-0.1, -0.05) is 55.3 Å². The fraction of sp³-hybridized carbons (Fsp3) is 0.385. The van der Waals surface area contributed by atoms with Crippen LogP contribution in [0.3, 0.4) is 0 Å². The summed E-state index contributed by atoms with van der Waals surface area (Å²) in [5.74, 6) is 0.632. The number of nitrogens with one attached hydrogen (secondary N) is 1. The topological polar surface area (TPSA) is 60.3 Å². The lowest BCUT2D eigenvalue weighted by Gasteiger charge is -2.30. The quantitative estimate of drug-likeness (QED) is 0.554. The summed E-state index contributed by atoms with van der Waals surface area (Å²) in [6, 6.07) is 19.8. The van der Waals surface area contributed by atoms with Gasteiger partial charge in [0.2, 0.25) is 5.91 Å². The molecule has 162 valence electrons. The van der Waals surface area contributed by atoms with Crippen molar-refractivity contribution in [3.05, 3.63) is 76.6 Å². The number of hydrogen-bond donors (Lipinski definition) is 1. The Hall–Kier alpha value is -3.08. The molecule has 0 aliphatic heterocycles. The molecule has 3 aromatic rings. The van der Waals surface area contributed by atoms with Gasteiger partial charge in [0, 0.05) is 36.9 Å². The fourth-order valence-electron chi connectivity index (χ4n) is 4.68. The summed E-state index contributed by atoms with van der Waals surface area (Å²) in [5.41, 5.74) is 2.13. The van der Waals surface area contributed by atoms with Crippen molar-refractivity contribution in [3.8, 4) is 5.75 Å². The van der Waals surface area contributed by atoms with Crippen molar-refractivity contribution in [2.45, 2.75) is 43.9 Å². The third-order valence-corrected chi connectivity index (χ3v) is 6.49. The van der Waals surface area contributed by atoms with Crippen LogP contribution in [0.1, 0.15) is 44.1 Å². The summed E-state index contributed by atoms with van der Waals surface area (Å²) < 4.78 is 7.49. The Labute approximate surface area is 183 Å². The summed E-state index contributed by atoms with van der Waals surface area (Å²) in [7, 11) is 1.76. The zero-order chi connectivity index (χ0) is 21.7. The van der Waals surface area contributed by atoms with Crippen LogP contribution < -0.4 is 15.6 Å². The van der Waals surface area contributed by atoms with Crippen molar-refractivity contribution in [2.24, 2.45) is 7.05 Å². The van der Waals surface area contributed by atoms with E-state index in [9.17, 15) is 9.59 Å². The molecule has 1 aromatic heterocycles. The highest BCUT2D eigenvalue weighted by Crippen LogP contribution is 2.40. The van der Waals surface area contributed by atoms with Crippen LogP contribution in [-0.2, 0) is 17.3 Å². The van der Waals surface area contributed by atoms with Gasteiger partial charge in [-0.25, -0.2) is 0 Å². The van der Waals surface area contributed by atoms with Crippen LogP contribution >= 0.6 is 0 Å². The van der Waals surface area contributed by atoms with Gasteiger partial charge < -0.3 is 14.6 Å². The van der Waals surface area contributed by atoms with Crippen LogP contribution in [0.25, 0.3) is 10.9 Å². The number of benzene rings is 2. The Morgan fingerprint density at radius 1 is 1.06 bits per heavy atom. The molecule has 1 fully saturated rings. The number of para-hydroxylation sites is 1. The molecule has 0 spiro atoms. The molecule has 0 radical (unpaired) electrons. The summed E-state index contributed by atoms with van der Waals surface area (Å²) >= 11 is 0. The zero-order valence-corrected chi connectivity index (χ0v) is 18.1. The smallest absolute Gasteiger partial charge is 0.254 e. The first kappa shape index (κ1) is 21.2. The van der Waals surface area contributed by atoms with Crippen molar-refractivity contribution in [2.75, 3.05) is 13.2 Å². The second-order valence-corrected chi connectivity index (χ2v) is 8.51. The molecule has 1 heterocycles. The fourth-order valence-corrected chi connectivity index (χ4v) is 4.68. The van der Waals surface area contributed by atoms with Crippen LogP contribution in [-0.4, -0.2) is 23.6 Å². The molecule has 1 aliphatic carbocycles. The lowest BCUT2D eigenvalue weighted by atomic mass is 9.79. The molecule has 1 saturated carbocycles. The lowest BCUT2D eigenvalue weighted by Crippen LogP contribution is -2.39. The molecule has 2 aromatic carbocycles. The number of pyridine rings is 1. The first-order valence-corrected chi connectivity index (χ1v) is 11.1. The molecular weight excluding hydrogens is 388 g/mol. The number of fused-ring (bicyclic) bond motifs is 1. The SMILES string of the molecule is Cn1c(=O)cc(OCCCC(=O)NCC2(c3ccccc3)CCCC2)c2ccccc21. The Balaban J connectivity index is 1.30. The molecule has 0 bridgehead atoms. The van der Waals surface area contributed by atoms with Crippen molar-refractivity contribution < 1.29 is 9.53 Å². The molecule has 5 heteroatoms. The van der Waals surface area contributed by atoms with E-state index in [1.54, 1.807) is 11.6 Å². The predicted molar refractivity (Wildman–Crippen MR) is 124 cm³/mol. The number of rotatable bonds is 8. The van der Waals surface area contributed by atoms with Gasteiger partial charge in [-0.05, 0) is 37.0 Å². The monoisotopic (exact) mass is 418 g/mol. The van der Waals surface area contributed by atoms with Crippen molar-refractivity contribution >= 4 is 16.8 Å². The van der Waals surface area contributed by atoms with E-state index in [0.29, 0.717) is 31.7 Å². The van der Waals surface area contributed by atoms with E-state index in [0.717, 1.165) is 23.7 Å². The van der Waals surface area contributed by atoms with Gasteiger partial charge in [0.25, 0.3) is 5.56 Å². The minimum atomic E-state index is -0.103. The molecule has 1 N–H and O–H groups in total. The van der Waals surface area contributed by atoms with E-state index < -0.39 is 0 Å². The minimum Gasteiger partial charge on any atom is -0.493 e. The van der Waals surface area contributed by atoms with Gasteiger partial charge >= 0.3 is 0 Å². The van der Waals surface area contributed by atoms with Gasteiger partial charge in [-0.3, -0.25) is 9.59 Å². The van der Waals surface area contributed by atoms with Crippen molar-refractivity contribution in [1.82, 2.24) is 9.88 Å². The van der Waals surface area contributed by atoms with Crippen LogP contribution in [0.5, 0.6) is 5.75 Å². The summed E-state index contributed by atoms with van der Waals surface area (Å²) in [6.07, 6.45) is 5.68. The largest absolute Gasteiger partial charge is 0.493 e. The molecule has 5 nitrogen and oxygen atoms in total. The average Bonchev–Trinajstić information content (AvgIpc) is 3.29. The molecule has 1 aliphatic rings. The number of carbonyl (C=O) groups is 1. The second kappa shape index (κ2) is 9.38. The Morgan fingerprint density at radius 3 is 2.55 bits per heavy atom. The zero-order valence-electron chi connectivity index (χ0n) is 18.1. The Bertz CT molecular complexity index is 1100. The normalized spacial score (nSPS) is 15.1. The second-order valence-electron chi connectivity index (χ2n) is 8.51. The molecule has 0 atom stereocenters. The van der Waals surface area contributed by atoms with Crippen LogP contribution in [0, 0.1) is 0 Å². The first-order valence-electron chi connectivity index (χ1n) is 11.1. The van der Waals surface area contributed by atoms with Gasteiger partial charge in [0.05, 0.1) is 12.1 Å². The van der Waals surface area contributed by atoms with E-state index in [1.165, 1.54) is 24.5 Å². The third kappa shape index (κ3) is 4.66. The minimum absolute atomic E-state index is 0.0552. The molecule has 4 rings (SSSR count). The van der Waals surface area contributed by atoms with Crippen LogP contribution in [0.4, 0.5) is 0 Å². The van der Waals surface area contributed by atoms with E-state index in [4.69, 9.17) is 4.74 Å². The molecule has 1 amide bonds. The number of aromatic nitrogens is 1. The number of nitrogens with zero attached hydrogens (tertiary/aromatic N) is 1. The molecule has 0 saturated heterocycles. The van der Waals surface area contributed by atoms with Crippen LogP contribution in [0.15, 0.2) is 65.5 Å². The maximum absolute atomic E-state index is 12.5. The number of carbonyl (C=O) groups excluding carboxylic acids is 1. The van der Waals surface area contributed by atoms with E-state index in [-0.39, 0.29) is 16.9 Å². The standard InChI is InChI=1S/C26H30N2O3/c1-28-22-13-6-5-12-21(22)23(18-25(28)30)31-17-9-14-24(29)27-19-26(15-7-8-16-26)20-10-3-2-4-11-20/h2-6,10-13,18H,7-9,14-17,19H2,1H3,(H,27,29). The summed E-state index contributed by atoms with van der Waals surface area (Å²) in [6.45, 7) is 1.09. The van der Waals surface area contributed by atoms with Gasteiger partial charge in [0.1, 0.15) is 5.75 Å².